The van der Waals surface area contributed by atoms with Crippen molar-refractivity contribution in [2.45, 2.75) is 58.7 Å². The number of carbonyl (C=O) groups excluding carboxylic acids is 2. The van der Waals surface area contributed by atoms with Gasteiger partial charge in [0.05, 0.1) is 30.8 Å². The first kappa shape index (κ1) is 18.7. The predicted molar refractivity (Wildman–Crippen MR) is 107 cm³/mol. The Kier molecular flexibility index (Phi) is 5.46. The molecule has 2 amide bonds. The third kappa shape index (κ3) is 3.81. The lowest BCUT2D eigenvalue weighted by Crippen LogP contribution is -2.31. The monoisotopic (exact) mass is 380 g/mol. The maximum Gasteiger partial charge on any atom is 0.254 e. The van der Waals surface area contributed by atoms with Crippen LogP contribution in [0.1, 0.15) is 59.9 Å². The maximum atomic E-state index is 13.1. The number of aromatic nitrogens is 2. The second-order valence-corrected chi connectivity index (χ2v) is 7.78. The van der Waals surface area contributed by atoms with Crippen LogP contribution in [0.25, 0.3) is 0 Å². The Balaban J connectivity index is 1.51. The van der Waals surface area contributed by atoms with Crippen LogP contribution in [0.3, 0.4) is 0 Å². The molecule has 0 radical (unpaired) electrons. The van der Waals surface area contributed by atoms with Gasteiger partial charge in [0.2, 0.25) is 5.91 Å². The summed E-state index contributed by atoms with van der Waals surface area (Å²) < 4.78 is 2.15. The van der Waals surface area contributed by atoms with Crippen molar-refractivity contribution in [2.75, 3.05) is 13.1 Å². The summed E-state index contributed by atoms with van der Waals surface area (Å²) in [7, 11) is 0. The van der Waals surface area contributed by atoms with Gasteiger partial charge in [0.15, 0.2) is 0 Å². The van der Waals surface area contributed by atoms with E-state index in [2.05, 4.69) is 28.6 Å². The van der Waals surface area contributed by atoms with Crippen LogP contribution < -0.4 is 0 Å². The minimum Gasteiger partial charge on any atom is -0.337 e. The average Bonchev–Trinajstić information content (AvgIpc) is 3.21. The van der Waals surface area contributed by atoms with E-state index in [-0.39, 0.29) is 11.8 Å². The summed E-state index contributed by atoms with van der Waals surface area (Å²) in [6, 6.07) is 8.01. The van der Waals surface area contributed by atoms with Gasteiger partial charge in [-0.1, -0.05) is 25.5 Å². The first-order chi connectivity index (χ1) is 13.7. The van der Waals surface area contributed by atoms with Crippen LogP contribution in [0.15, 0.2) is 30.6 Å². The number of imidazole rings is 1. The maximum absolute atomic E-state index is 13.1. The van der Waals surface area contributed by atoms with Crippen LogP contribution in [-0.4, -0.2) is 44.3 Å². The zero-order valence-corrected chi connectivity index (χ0v) is 16.6. The van der Waals surface area contributed by atoms with Crippen molar-refractivity contribution in [3.8, 4) is 0 Å². The highest BCUT2D eigenvalue weighted by Crippen LogP contribution is 2.21. The molecule has 2 aliphatic heterocycles. The molecule has 148 valence electrons. The van der Waals surface area contributed by atoms with Gasteiger partial charge in [0, 0.05) is 31.6 Å². The number of nitrogens with zero attached hydrogens (tertiary/aromatic N) is 4. The number of benzene rings is 1. The standard InChI is InChI=1S/C22H28N4O2/c1-2-5-17-7-9-18(10-8-17)22(28)25-12-4-13-26-16-23-19(20(26)15-25)14-24-11-3-6-21(24)27/h7-10,16H,2-6,11-15H2,1H3. The molecule has 0 unspecified atom stereocenters. The molecule has 0 aliphatic carbocycles. The number of aryl methyl sites for hydroxylation is 2. The molecule has 1 saturated heterocycles. The molecular weight excluding hydrogens is 352 g/mol. The van der Waals surface area contributed by atoms with Gasteiger partial charge >= 0.3 is 0 Å². The summed E-state index contributed by atoms with van der Waals surface area (Å²) in [4.78, 5) is 33.5. The SMILES string of the molecule is CCCc1ccc(C(=O)N2CCCn3cnc(CN4CCCC4=O)c3C2)cc1. The number of hydrogen-bond donors (Lipinski definition) is 0. The van der Waals surface area contributed by atoms with Crippen molar-refractivity contribution in [1.82, 2.24) is 19.4 Å². The van der Waals surface area contributed by atoms with Gasteiger partial charge in [-0.2, -0.15) is 0 Å². The van der Waals surface area contributed by atoms with Crippen LogP contribution in [-0.2, 0) is 30.8 Å². The molecule has 3 heterocycles. The van der Waals surface area contributed by atoms with Crippen LogP contribution in [0.2, 0.25) is 0 Å². The van der Waals surface area contributed by atoms with Crippen molar-refractivity contribution in [3.05, 3.63) is 53.1 Å². The number of rotatable bonds is 5. The summed E-state index contributed by atoms with van der Waals surface area (Å²) >= 11 is 0. The minimum absolute atomic E-state index is 0.0703. The van der Waals surface area contributed by atoms with E-state index in [1.54, 1.807) is 0 Å². The molecule has 2 aromatic rings. The Bertz CT molecular complexity index is 856. The zero-order chi connectivity index (χ0) is 19.5. The Morgan fingerprint density at radius 1 is 1.11 bits per heavy atom. The van der Waals surface area contributed by atoms with Gasteiger partial charge in [-0.05, 0) is 37.0 Å². The second kappa shape index (κ2) is 8.17. The molecule has 6 heteroatoms. The smallest absolute Gasteiger partial charge is 0.254 e. The Morgan fingerprint density at radius 2 is 1.93 bits per heavy atom. The van der Waals surface area contributed by atoms with Crippen molar-refractivity contribution in [3.63, 3.8) is 0 Å². The molecule has 0 saturated carbocycles. The summed E-state index contributed by atoms with van der Waals surface area (Å²) in [6.45, 7) is 5.65. The molecule has 0 bridgehead atoms. The highest BCUT2D eigenvalue weighted by Gasteiger charge is 2.26. The quantitative estimate of drug-likeness (QED) is 0.801. The Hall–Kier alpha value is -2.63. The van der Waals surface area contributed by atoms with Gasteiger partial charge in [0.1, 0.15) is 0 Å². The number of carbonyl (C=O) groups is 2. The van der Waals surface area contributed by atoms with Crippen LogP contribution in [0, 0.1) is 0 Å². The van der Waals surface area contributed by atoms with Crippen molar-refractivity contribution in [2.24, 2.45) is 0 Å². The summed E-state index contributed by atoms with van der Waals surface area (Å²) in [5, 5.41) is 0. The number of likely N-dealkylation sites (tertiary alicyclic amines) is 1. The van der Waals surface area contributed by atoms with E-state index in [9.17, 15) is 9.59 Å². The average molecular weight is 380 g/mol. The first-order valence-corrected chi connectivity index (χ1v) is 10.3. The largest absolute Gasteiger partial charge is 0.337 e. The molecule has 4 rings (SSSR count). The lowest BCUT2D eigenvalue weighted by atomic mass is 10.1. The lowest BCUT2D eigenvalue weighted by Gasteiger charge is -2.22. The molecule has 0 N–H and O–H groups in total. The van der Waals surface area contributed by atoms with Crippen LogP contribution in [0.5, 0.6) is 0 Å². The lowest BCUT2D eigenvalue weighted by molar-refractivity contribution is -0.128. The molecule has 28 heavy (non-hydrogen) atoms. The molecule has 2 aliphatic rings. The molecule has 6 nitrogen and oxygen atoms in total. The molecule has 1 aromatic heterocycles. The fourth-order valence-electron chi connectivity index (χ4n) is 4.16. The normalized spacial score (nSPS) is 17.0. The van der Waals surface area contributed by atoms with Gasteiger partial charge < -0.3 is 14.4 Å². The van der Waals surface area contributed by atoms with E-state index in [0.717, 1.165) is 62.3 Å². The predicted octanol–water partition coefficient (Wildman–Crippen LogP) is 3.00. The molecule has 1 fully saturated rings. The van der Waals surface area contributed by atoms with E-state index in [0.29, 0.717) is 19.5 Å². The van der Waals surface area contributed by atoms with E-state index in [1.807, 2.05) is 28.3 Å². The fourth-order valence-corrected chi connectivity index (χ4v) is 4.16. The second-order valence-electron chi connectivity index (χ2n) is 7.78. The van der Waals surface area contributed by atoms with Crippen molar-refractivity contribution >= 4 is 11.8 Å². The fraction of sp³-hybridized carbons (Fsp3) is 0.500. The third-order valence-electron chi connectivity index (χ3n) is 5.74. The summed E-state index contributed by atoms with van der Waals surface area (Å²) in [5.74, 6) is 0.274. The van der Waals surface area contributed by atoms with Crippen molar-refractivity contribution < 1.29 is 9.59 Å². The van der Waals surface area contributed by atoms with E-state index < -0.39 is 0 Å². The number of fused-ring (bicyclic) bond motifs is 1. The topological polar surface area (TPSA) is 58.4 Å². The minimum atomic E-state index is 0.0703. The molecular formula is C22H28N4O2. The van der Waals surface area contributed by atoms with Gasteiger partial charge in [-0.15, -0.1) is 0 Å². The highest BCUT2D eigenvalue weighted by molar-refractivity contribution is 5.94. The number of amides is 2. The van der Waals surface area contributed by atoms with Crippen LogP contribution in [0.4, 0.5) is 0 Å². The zero-order valence-electron chi connectivity index (χ0n) is 16.6. The Labute approximate surface area is 166 Å². The van der Waals surface area contributed by atoms with E-state index in [1.165, 1.54) is 5.56 Å². The van der Waals surface area contributed by atoms with E-state index >= 15 is 0 Å². The molecule has 1 aromatic carbocycles. The van der Waals surface area contributed by atoms with E-state index in [4.69, 9.17) is 0 Å². The molecule has 0 spiro atoms. The third-order valence-corrected chi connectivity index (χ3v) is 5.74. The summed E-state index contributed by atoms with van der Waals surface area (Å²) in [5.41, 5.74) is 4.00. The summed E-state index contributed by atoms with van der Waals surface area (Å²) in [6.07, 6.45) is 6.47. The van der Waals surface area contributed by atoms with Gasteiger partial charge in [-0.25, -0.2) is 4.98 Å². The Morgan fingerprint density at radius 3 is 2.64 bits per heavy atom. The first-order valence-electron chi connectivity index (χ1n) is 10.3. The number of hydrogen-bond acceptors (Lipinski definition) is 3. The van der Waals surface area contributed by atoms with Gasteiger partial charge in [0.25, 0.3) is 5.91 Å². The highest BCUT2D eigenvalue weighted by atomic mass is 16.2. The van der Waals surface area contributed by atoms with Gasteiger partial charge in [-0.3, -0.25) is 9.59 Å². The van der Waals surface area contributed by atoms with Crippen LogP contribution >= 0.6 is 0 Å². The molecule has 0 atom stereocenters. The van der Waals surface area contributed by atoms with Crippen molar-refractivity contribution in [1.29, 1.82) is 0 Å².